The van der Waals surface area contributed by atoms with E-state index in [2.05, 4.69) is 10.6 Å². The van der Waals surface area contributed by atoms with Crippen LogP contribution in [0.4, 0.5) is 5.69 Å². The van der Waals surface area contributed by atoms with Gasteiger partial charge >= 0.3 is 0 Å². The van der Waals surface area contributed by atoms with Gasteiger partial charge < -0.3 is 15.7 Å². The summed E-state index contributed by atoms with van der Waals surface area (Å²) < 4.78 is 0. The third-order valence-electron chi connectivity index (χ3n) is 3.60. The molecule has 0 saturated heterocycles. The zero-order valence-electron chi connectivity index (χ0n) is 11.7. The molecule has 2 aromatic rings. The lowest BCUT2D eigenvalue weighted by atomic mass is 9.92. The average Bonchev–Trinajstić information content (AvgIpc) is 2.54. The van der Waals surface area contributed by atoms with Crippen molar-refractivity contribution >= 4 is 40.7 Å². The van der Waals surface area contributed by atoms with Crippen molar-refractivity contribution in [2.75, 3.05) is 5.32 Å². The van der Waals surface area contributed by atoms with Gasteiger partial charge in [0, 0.05) is 11.3 Å². The lowest BCUT2D eigenvalue weighted by Gasteiger charge is -2.29. The Bertz CT molecular complexity index is 795. The monoisotopic (exact) mass is 350 g/mol. The predicted octanol–water partition coefficient (Wildman–Crippen LogP) is 2.78. The maximum Gasteiger partial charge on any atom is 0.252 e. The van der Waals surface area contributed by atoms with Gasteiger partial charge in [-0.3, -0.25) is 9.59 Å². The zero-order chi connectivity index (χ0) is 16.6. The maximum absolute atomic E-state index is 12.4. The maximum atomic E-state index is 12.4. The van der Waals surface area contributed by atoms with Crippen LogP contribution in [0.5, 0.6) is 0 Å². The number of nitrogens with one attached hydrogen (secondary N) is 2. The van der Waals surface area contributed by atoms with Crippen LogP contribution in [0, 0.1) is 0 Å². The largest absolute Gasteiger partial charge is 0.386 e. The molecule has 0 spiro atoms. The summed E-state index contributed by atoms with van der Waals surface area (Å²) in [5.41, 5.74) is 1.20. The lowest BCUT2D eigenvalue weighted by molar-refractivity contribution is -0.120. The third-order valence-corrected chi connectivity index (χ3v) is 4.34. The SMILES string of the molecule is O=C1NC(C(=O)Nc2ccc(Cl)c(Cl)c2)C(O)c2ccccc21. The fourth-order valence-corrected chi connectivity index (χ4v) is 2.74. The van der Waals surface area contributed by atoms with Crippen molar-refractivity contribution in [3.8, 4) is 0 Å². The van der Waals surface area contributed by atoms with Crippen LogP contribution >= 0.6 is 23.2 Å². The second kappa shape index (κ2) is 6.20. The van der Waals surface area contributed by atoms with Gasteiger partial charge in [-0.05, 0) is 29.8 Å². The summed E-state index contributed by atoms with van der Waals surface area (Å²) in [6.45, 7) is 0. The van der Waals surface area contributed by atoms with E-state index < -0.39 is 24.0 Å². The summed E-state index contributed by atoms with van der Waals surface area (Å²) in [6, 6.07) is 10.1. The summed E-state index contributed by atoms with van der Waals surface area (Å²) in [5.74, 6) is -0.945. The van der Waals surface area contributed by atoms with Gasteiger partial charge in [0.2, 0.25) is 5.91 Å². The summed E-state index contributed by atoms with van der Waals surface area (Å²) in [7, 11) is 0. The molecular weight excluding hydrogens is 339 g/mol. The quantitative estimate of drug-likeness (QED) is 0.779. The number of carbonyl (C=O) groups excluding carboxylic acids is 2. The minimum absolute atomic E-state index is 0.294. The standard InChI is InChI=1S/C16H12Cl2N2O3/c17-11-6-5-8(7-12(11)18)19-16(23)13-14(21)9-3-1-2-4-10(9)15(22)20-13/h1-7,13-14,21H,(H,19,23)(H,20,22). The Kier molecular flexibility index (Phi) is 4.26. The molecule has 2 aromatic carbocycles. The first-order valence-corrected chi connectivity index (χ1v) is 7.57. The van der Waals surface area contributed by atoms with E-state index in [0.717, 1.165) is 0 Å². The van der Waals surface area contributed by atoms with E-state index in [-0.39, 0.29) is 0 Å². The number of benzene rings is 2. The van der Waals surface area contributed by atoms with Crippen molar-refractivity contribution in [3.63, 3.8) is 0 Å². The molecule has 118 valence electrons. The Hall–Kier alpha value is -2.08. The predicted molar refractivity (Wildman–Crippen MR) is 87.7 cm³/mol. The van der Waals surface area contributed by atoms with Gasteiger partial charge in [0.25, 0.3) is 5.91 Å². The molecule has 5 nitrogen and oxygen atoms in total. The first-order valence-electron chi connectivity index (χ1n) is 6.81. The van der Waals surface area contributed by atoms with Crippen molar-refractivity contribution in [1.82, 2.24) is 5.32 Å². The normalized spacial score (nSPS) is 19.7. The van der Waals surface area contributed by atoms with Crippen LogP contribution in [0.1, 0.15) is 22.0 Å². The topological polar surface area (TPSA) is 78.4 Å². The number of rotatable bonds is 2. The molecule has 0 radical (unpaired) electrons. The van der Waals surface area contributed by atoms with Gasteiger partial charge in [0.05, 0.1) is 10.0 Å². The first kappa shape index (κ1) is 15.8. The Morgan fingerprint density at radius 2 is 1.87 bits per heavy atom. The number of aliphatic hydroxyl groups excluding tert-OH is 1. The fraction of sp³-hybridized carbons (Fsp3) is 0.125. The van der Waals surface area contributed by atoms with Gasteiger partial charge in [-0.2, -0.15) is 0 Å². The number of anilines is 1. The molecule has 0 bridgehead atoms. The fourth-order valence-electron chi connectivity index (χ4n) is 2.44. The number of carbonyl (C=O) groups is 2. The third kappa shape index (κ3) is 3.03. The lowest BCUT2D eigenvalue weighted by Crippen LogP contribution is -2.51. The average molecular weight is 351 g/mol. The number of hydrogen-bond acceptors (Lipinski definition) is 3. The van der Waals surface area contributed by atoms with E-state index in [9.17, 15) is 14.7 Å². The molecule has 2 atom stereocenters. The van der Waals surface area contributed by atoms with E-state index in [0.29, 0.717) is 26.9 Å². The molecule has 3 rings (SSSR count). The van der Waals surface area contributed by atoms with Gasteiger partial charge in [-0.25, -0.2) is 0 Å². The molecule has 2 unspecified atom stereocenters. The van der Waals surface area contributed by atoms with E-state index in [1.54, 1.807) is 36.4 Å². The summed E-state index contributed by atoms with van der Waals surface area (Å²) in [6.07, 6.45) is -1.13. The summed E-state index contributed by atoms with van der Waals surface area (Å²) in [5, 5.41) is 16.1. The number of aliphatic hydroxyl groups is 1. The van der Waals surface area contributed by atoms with Crippen LogP contribution < -0.4 is 10.6 Å². The van der Waals surface area contributed by atoms with Crippen LogP contribution in [0.15, 0.2) is 42.5 Å². The molecule has 0 fully saturated rings. The molecular formula is C16H12Cl2N2O3. The molecule has 23 heavy (non-hydrogen) atoms. The molecule has 1 heterocycles. The van der Waals surface area contributed by atoms with Crippen LogP contribution in [0.2, 0.25) is 10.0 Å². The molecule has 0 aromatic heterocycles. The molecule has 7 heteroatoms. The van der Waals surface area contributed by atoms with Crippen LogP contribution in [0.3, 0.4) is 0 Å². The van der Waals surface area contributed by atoms with E-state index in [1.165, 1.54) is 6.07 Å². The molecule has 1 aliphatic heterocycles. The van der Waals surface area contributed by atoms with Crippen molar-refractivity contribution < 1.29 is 14.7 Å². The van der Waals surface area contributed by atoms with Crippen LogP contribution in [-0.2, 0) is 4.79 Å². The van der Waals surface area contributed by atoms with Gasteiger partial charge in [0.1, 0.15) is 12.1 Å². The smallest absolute Gasteiger partial charge is 0.252 e. The molecule has 1 aliphatic rings. The van der Waals surface area contributed by atoms with E-state index in [1.807, 2.05) is 0 Å². The highest BCUT2D eigenvalue weighted by molar-refractivity contribution is 6.42. The zero-order valence-corrected chi connectivity index (χ0v) is 13.2. The van der Waals surface area contributed by atoms with Crippen molar-refractivity contribution in [2.24, 2.45) is 0 Å². The molecule has 3 N–H and O–H groups in total. The minimum Gasteiger partial charge on any atom is -0.386 e. The highest BCUT2D eigenvalue weighted by atomic mass is 35.5. The summed E-state index contributed by atoms with van der Waals surface area (Å²) in [4.78, 5) is 24.4. The van der Waals surface area contributed by atoms with Crippen molar-refractivity contribution in [3.05, 3.63) is 63.6 Å². The van der Waals surface area contributed by atoms with Crippen molar-refractivity contribution in [2.45, 2.75) is 12.1 Å². The highest BCUT2D eigenvalue weighted by Crippen LogP contribution is 2.28. The molecule has 2 amide bonds. The van der Waals surface area contributed by atoms with Crippen LogP contribution in [-0.4, -0.2) is 23.0 Å². The van der Waals surface area contributed by atoms with E-state index in [4.69, 9.17) is 23.2 Å². The van der Waals surface area contributed by atoms with Gasteiger partial charge in [-0.1, -0.05) is 41.4 Å². The number of hydrogen-bond donors (Lipinski definition) is 3. The van der Waals surface area contributed by atoms with E-state index >= 15 is 0 Å². The van der Waals surface area contributed by atoms with Gasteiger partial charge in [0.15, 0.2) is 0 Å². The Morgan fingerprint density at radius 1 is 1.13 bits per heavy atom. The van der Waals surface area contributed by atoms with Crippen molar-refractivity contribution in [1.29, 1.82) is 0 Å². The Labute approximate surface area is 142 Å². The van der Waals surface area contributed by atoms with Crippen LogP contribution in [0.25, 0.3) is 0 Å². The number of halogens is 2. The summed E-state index contributed by atoms with van der Waals surface area (Å²) >= 11 is 11.7. The Morgan fingerprint density at radius 3 is 2.61 bits per heavy atom. The molecule has 0 saturated carbocycles. The minimum atomic E-state index is -1.13. The number of amides is 2. The Balaban J connectivity index is 1.83. The van der Waals surface area contributed by atoms with Gasteiger partial charge in [-0.15, -0.1) is 0 Å². The second-order valence-electron chi connectivity index (χ2n) is 5.10. The molecule has 0 aliphatic carbocycles. The first-order chi connectivity index (χ1) is 11.0. The second-order valence-corrected chi connectivity index (χ2v) is 5.92. The number of fused-ring (bicyclic) bond motifs is 1. The highest BCUT2D eigenvalue weighted by Gasteiger charge is 2.36.